The first-order valence-corrected chi connectivity index (χ1v) is 8.56. The average Bonchev–Trinajstić information content (AvgIpc) is 2.93. The topological polar surface area (TPSA) is 104 Å². The van der Waals surface area contributed by atoms with Crippen LogP contribution in [0.3, 0.4) is 0 Å². The van der Waals surface area contributed by atoms with Crippen LogP contribution >= 0.6 is 11.8 Å². The van der Waals surface area contributed by atoms with Crippen molar-refractivity contribution in [2.45, 2.75) is 43.6 Å². The van der Waals surface area contributed by atoms with Gasteiger partial charge in [0, 0.05) is 6.54 Å². The molecule has 1 aromatic carbocycles. The number of aromatic amines is 1. The van der Waals surface area contributed by atoms with Gasteiger partial charge in [0.1, 0.15) is 6.07 Å². The molecule has 0 saturated carbocycles. The number of amides is 1. The molecule has 0 spiro atoms. The van der Waals surface area contributed by atoms with Gasteiger partial charge in [0.15, 0.2) is 5.16 Å². The van der Waals surface area contributed by atoms with Crippen molar-refractivity contribution in [2.24, 2.45) is 0 Å². The molecule has 2 rings (SSSR count). The quantitative estimate of drug-likeness (QED) is 0.750. The van der Waals surface area contributed by atoms with Crippen LogP contribution < -0.4 is 11.0 Å². The largest absolute Gasteiger partial charge is 0.343 e. The normalized spacial score (nSPS) is 11.7. The second-order valence-corrected chi connectivity index (χ2v) is 6.53. The second kappa shape index (κ2) is 8.36. The van der Waals surface area contributed by atoms with Gasteiger partial charge in [-0.25, -0.2) is 9.89 Å². The van der Waals surface area contributed by atoms with E-state index in [1.54, 1.807) is 35.8 Å². The number of thioether (sulfide) groups is 1. The monoisotopic (exact) mass is 345 g/mol. The molecule has 0 unspecified atom stereocenters. The third kappa shape index (κ3) is 4.26. The number of anilines is 1. The van der Waals surface area contributed by atoms with Crippen molar-refractivity contribution in [1.29, 1.82) is 5.26 Å². The Hall–Kier alpha value is -2.53. The Bertz CT molecular complexity index is 805. The summed E-state index contributed by atoms with van der Waals surface area (Å²) in [5, 5.41) is 18.2. The Morgan fingerprint density at radius 3 is 2.96 bits per heavy atom. The molecule has 1 heterocycles. The van der Waals surface area contributed by atoms with Gasteiger partial charge in [-0.05, 0) is 25.5 Å². The van der Waals surface area contributed by atoms with Crippen molar-refractivity contribution in [1.82, 2.24) is 14.8 Å². The van der Waals surface area contributed by atoms with Crippen LogP contribution in [0.5, 0.6) is 0 Å². The van der Waals surface area contributed by atoms with Crippen LogP contribution in [0, 0.1) is 11.3 Å². The van der Waals surface area contributed by atoms with Crippen LogP contribution in [0.1, 0.15) is 32.3 Å². The number of para-hydroxylation sites is 1. The number of benzene rings is 1. The Balaban J connectivity index is 2.07. The molecule has 0 aliphatic heterocycles. The molecule has 0 aliphatic rings. The predicted octanol–water partition coefficient (Wildman–Crippen LogP) is 2.36. The first-order chi connectivity index (χ1) is 11.6. The van der Waals surface area contributed by atoms with Gasteiger partial charge in [0.2, 0.25) is 5.91 Å². The molecular formula is C16H19N5O2S. The van der Waals surface area contributed by atoms with E-state index in [-0.39, 0.29) is 11.6 Å². The van der Waals surface area contributed by atoms with E-state index in [1.165, 1.54) is 11.8 Å². The molecule has 0 fully saturated rings. The number of aromatic nitrogens is 3. The Morgan fingerprint density at radius 2 is 2.25 bits per heavy atom. The van der Waals surface area contributed by atoms with E-state index in [1.807, 2.05) is 13.0 Å². The third-order valence-corrected chi connectivity index (χ3v) is 4.51. The van der Waals surface area contributed by atoms with E-state index >= 15 is 0 Å². The fraction of sp³-hybridized carbons (Fsp3) is 0.375. The van der Waals surface area contributed by atoms with Crippen molar-refractivity contribution >= 4 is 23.4 Å². The first kappa shape index (κ1) is 17.8. The predicted molar refractivity (Wildman–Crippen MR) is 92.9 cm³/mol. The molecule has 0 bridgehead atoms. The van der Waals surface area contributed by atoms with Crippen LogP contribution in [0.15, 0.2) is 34.2 Å². The fourth-order valence-electron chi connectivity index (χ4n) is 2.04. The number of nitrogens with zero attached hydrogens (tertiary/aromatic N) is 3. The number of nitriles is 1. The summed E-state index contributed by atoms with van der Waals surface area (Å²) >= 11 is 1.21. The van der Waals surface area contributed by atoms with Crippen molar-refractivity contribution in [3.63, 3.8) is 0 Å². The van der Waals surface area contributed by atoms with Gasteiger partial charge < -0.3 is 5.32 Å². The highest BCUT2D eigenvalue weighted by Gasteiger charge is 2.19. The molecule has 2 N–H and O–H groups in total. The Morgan fingerprint density at radius 1 is 1.50 bits per heavy atom. The Kier molecular flexibility index (Phi) is 6.21. The highest BCUT2D eigenvalue weighted by atomic mass is 32.2. The van der Waals surface area contributed by atoms with Crippen molar-refractivity contribution in [3.05, 3.63) is 40.3 Å². The van der Waals surface area contributed by atoms with Gasteiger partial charge in [0.05, 0.1) is 16.5 Å². The van der Waals surface area contributed by atoms with E-state index in [4.69, 9.17) is 5.26 Å². The summed E-state index contributed by atoms with van der Waals surface area (Å²) in [7, 11) is 0. The van der Waals surface area contributed by atoms with E-state index < -0.39 is 5.25 Å². The zero-order chi connectivity index (χ0) is 17.5. The minimum atomic E-state index is -0.465. The lowest BCUT2D eigenvalue weighted by Gasteiger charge is -2.12. The number of nitrogens with one attached hydrogen (secondary N) is 2. The minimum absolute atomic E-state index is 0.250. The van der Waals surface area contributed by atoms with Crippen LogP contribution in [-0.2, 0) is 11.3 Å². The average molecular weight is 345 g/mol. The summed E-state index contributed by atoms with van der Waals surface area (Å²) in [6.07, 6.45) is 1.83. The number of hydrogen-bond acceptors (Lipinski definition) is 5. The smallest absolute Gasteiger partial charge is 0.324 e. The lowest BCUT2D eigenvalue weighted by molar-refractivity contribution is -0.115. The molecule has 0 aliphatic carbocycles. The maximum absolute atomic E-state index is 12.4. The van der Waals surface area contributed by atoms with Crippen LogP contribution in [0.2, 0.25) is 0 Å². The van der Waals surface area contributed by atoms with E-state index in [9.17, 15) is 9.59 Å². The summed E-state index contributed by atoms with van der Waals surface area (Å²) in [4.78, 5) is 24.1. The maximum atomic E-state index is 12.4. The van der Waals surface area contributed by atoms with Crippen molar-refractivity contribution < 1.29 is 4.79 Å². The van der Waals surface area contributed by atoms with E-state index in [0.29, 0.717) is 23.0 Å². The number of rotatable bonds is 7. The van der Waals surface area contributed by atoms with Crippen LogP contribution in [0.4, 0.5) is 5.69 Å². The van der Waals surface area contributed by atoms with Gasteiger partial charge >= 0.3 is 5.69 Å². The minimum Gasteiger partial charge on any atom is -0.324 e. The van der Waals surface area contributed by atoms with Gasteiger partial charge in [0.25, 0.3) is 0 Å². The zero-order valence-corrected chi connectivity index (χ0v) is 14.4. The molecule has 126 valence electrons. The fourth-order valence-corrected chi connectivity index (χ4v) is 2.92. The van der Waals surface area contributed by atoms with E-state index in [2.05, 4.69) is 15.5 Å². The number of carbonyl (C=O) groups is 1. The molecule has 0 radical (unpaired) electrons. The summed E-state index contributed by atoms with van der Waals surface area (Å²) in [6, 6.07) is 8.86. The third-order valence-electron chi connectivity index (χ3n) is 3.42. The second-order valence-electron chi connectivity index (χ2n) is 5.22. The number of hydrogen-bond donors (Lipinski definition) is 2. The highest BCUT2D eigenvalue weighted by molar-refractivity contribution is 8.00. The number of carbonyl (C=O) groups excluding carboxylic acids is 1. The van der Waals surface area contributed by atoms with Crippen LogP contribution in [-0.4, -0.2) is 25.9 Å². The first-order valence-electron chi connectivity index (χ1n) is 7.68. The molecular weight excluding hydrogens is 326 g/mol. The van der Waals surface area contributed by atoms with Crippen LogP contribution in [0.25, 0.3) is 0 Å². The lowest BCUT2D eigenvalue weighted by atomic mass is 10.2. The standard InChI is InChI=1S/C16H19N5O2S/c1-3-4-9-21-15(23)19-20-16(21)24-11(2)14(22)18-13-8-6-5-7-12(13)10-17/h5-8,11H,3-4,9H2,1-2H3,(H,18,22)(H,19,23)/t11-/m1/s1. The van der Waals surface area contributed by atoms with Gasteiger partial charge in [-0.2, -0.15) is 5.26 Å². The summed E-state index contributed by atoms with van der Waals surface area (Å²) in [6.45, 7) is 4.35. The highest BCUT2D eigenvalue weighted by Crippen LogP contribution is 2.22. The van der Waals surface area contributed by atoms with Gasteiger partial charge in [-0.1, -0.05) is 37.2 Å². The molecule has 24 heavy (non-hydrogen) atoms. The van der Waals surface area contributed by atoms with Crippen molar-refractivity contribution in [2.75, 3.05) is 5.32 Å². The maximum Gasteiger partial charge on any atom is 0.343 e. The molecule has 1 atom stereocenters. The lowest BCUT2D eigenvalue weighted by Crippen LogP contribution is -2.24. The Labute approximate surface area is 144 Å². The molecule has 1 aromatic heterocycles. The molecule has 8 heteroatoms. The molecule has 1 amide bonds. The number of H-pyrrole nitrogens is 1. The summed E-state index contributed by atoms with van der Waals surface area (Å²) < 4.78 is 1.54. The molecule has 7 nitrogen and oxygen atoms in total. The van der Waals surface area contributed by atoms with Crippen molar-refractivity contribution in [3.8, 4) is 6.07 Å². The van der Waals surface area contributed by atoms with E-state index in [0.717, 1.165) is 12.8 Å². The molecule has 0 saturated heterocycles. The van der Waals surface area contributed by atoms with Gasteiger partial charge in [-0.15, -0.1) is 5.10 Å². The molecule has 2 aromatic rings. The zero-order valence-electron chi connectivity index (χ0n) is 13.6. The number of unbranched alkanes of at least 4 members (excludes halogenated alkanes) is 1. The summed E-state index contributed by atoms with van der Waals surface area (Å²) in [5.41, 5.74) is 0.610. The SMILES string of the molecule is CCCCn1c(S[C@H](C)C(=O)Nc2ccccc2C#N)n[nH]c1=O. The van der Waals surface area contributed by atoms with Gasteiger partial charge in [-0.3, -0.25) is 9.36 Å². The summed E-state index contributed by atoms with van der Waals surface area (Å²) in [5.74, 6) is -0.250.